The molecule has 0 N–H and O–H groups in total. The summed E-state index contributed by atoms with van der Waals surface area (Å²) in [5.41, 5.74) is 5.06. The molecule has 0 aromatic heterocycles. The van der Waals surface area contributed by atoms with Gasteiger partial charge in [-0.1, -0.05) is 24.3 Å². The maximum Gasteiger partial charge on any atom is 0.159 e. The van der Waals surface area contributed by atoms with Gasteiger partial charge in [0.1, 0.15) is 0 Å². The van der Waals surface area contributed by atoms with Crippen LogP contribution in [0.4, 0.5) is 0 Å². The standard InChI is InChI=1S/C12H10O/c13-12-6-5-10-9-4-2-1-3-8(9)7-11(10)12/h1-4H,5-7H2. The minimum Gasteiger partial charge on any atom is -0.295 e. The number of Topliss-reactive ketones (excluding diaryl/α,β-unsaturated/α-hetero) is 1. The van der Waals surface area contributed by atoms with Gasteiger partial charge in [0.05, 0.1) is 0 Å². The van der Waals surface area contributed by atoms with Gasteiger partial charge in [-0.2, -0.15) is 0 Å². The topological polar surface area (TPSA) is 17.1 Å². The van der Waals surface area contributed by atoms with E-state index in [1.807, 2.05) is 6.07 Å². The second-order valence-electron chi connectivity index (χ2n) is 3.71. The molecule has 0 aliphatic heterocycles. The largest absolute Gasteiger partial charge is 0.295 e. The van der Waals surface area contributed by atoms with Crippen LogP contribution in [0.2, 0.25) is 0 Å². The summed E-state index contributed by atoms with van der Waals surface area (Å²) in [7, 11) is 0. The summed E-state index contributed by atoms with van der Waals surface area (Å²) in [6.45, 7) is 0. The molecule has 0 heterocycles. The van der Waals surface area contributed by atoms with Crippen molar-refractivity contribution in [2.45, 2.75) is 19.3 Å². The van der Waals surface area contributed by atoms with Gasteiger partial charge in [-0.15, -0.1) is 0 Å². The lowest BCUT2D eigenvalue weighted by Crippen LogP contribution is -1.96. The molecule has 0 fully saturated rings. The number of hydrogen-bond donors (Lipinski definition) is 0. The van der Waals surface area contributed by atoms with Crippen LogP contribution in [0.3, 0.4) is 0 Å². The van der Waals surface area contributed by atoms with Crippen LogP contribution in [-0.4, -0.2) is 5.78 Å². The number of carbonyl (C=O) groups is 1. The number of rotatable bonds is 0. The molecule has 0 bridgehead atoms. The minimum absolute atomic E-state index is 0.367. The highest BCUT2D eigenvalue weighted by molar-refractivity contribution is 6.09. The Hall–Kier alpha value is -1.37. The van der Waals surface area contributed by atoms with Crippen molar-refractivity contribution >= 4 is 11.4 Å². The van der Waals surface area contributed by atoms with E-state index >= 15 is 0 Å². The zero-order valence-electron chi connectivity index (χ0n) is 7.34. The molecule has 1 nitrogen and oxygen atoms in total. The molecule has 64 valence electrons. The molecule has 1 heteroatoms. The summed E-state index contributed by atoms with van der Waals surface area (Å²) in [5, 5.41) is 0. The SMILES string of the molecule is O=C1CCC2=C1Cc1ccccc12. The number of carbonyl (C=O) groups excluding carboxylic acids is 1. The van der Waals surface area contributed by atoms with Crippen molar-refractivity contribution in [1.82, 2.24) is 0 Å². The molecule has 1 aromatic carbocycles. The van der Waals surface area contributed by atoms with E-state index in [-0.39, 0.29) is 0 Å². The van der Waals surface area contributed by atoms with Crippen LogP contribution in [-0.2, 0) is 11.2 Å². The Labute approximate surface area is 77.1 Å². The fourth-order valence-corrected chi connectivity index (χ4v) is 2.37. The second kappa shape index (κ2) is 2.32. The number of ketones is 1. The number of hydrogen-bond acceptors (Lipinski definition) is 1. The number of fused-ring (bicyclic) bond motifs is 2. The van der Waals surface area contributed by atoms with Gasteiger partial charge in [-0.25, -0.2) is 0 Å². The molecule has 0 saturated carbocycles. The quantitative estimate of drug-likeness (QED) is 0.584. The Morgan fingerprint density at radius 2 is 1.85 bits per heavy atom. The molecule has 0 atom stereocenters. The third kappa shape index (κ3) is 0.844. The Morgan fingerprint density at radius 3 is 2.77 bits per heavy atom. The third-order valence-corrected chi connectivity index (χ3v) is 3.01. The maximum absolute atomic E-state index is 11.5. The zero-order valence-corrected chi connectivity index (χ0v) is 7.34. The van der Waals surface area contributed by atoms with Gasteiger partial charge in [-0.05, 0) is 23.1 Å². The summed E-state index contributed by atoms with van der Waals surface area (Å²) in [4.78, 5) is 11.5. The summed E-state index contributed by atoms with van der Waals surface area (Å²) in [5.74, 6) is 0.367. The highest BCUT2D eigenvalue weighted by Crippen LogP contribution is 2.40. The molecule has 13 heavy (non-hydrogen) atoms. The fourth-order valence-electron chi connectivity index (χ4n) is 2.37. The Kier molecular flexibility index (Phi) is 1.26. The molecule has 2 aliphatic rings. The smallest absolute Gasteiger partial charge is 0.159 e. The first-order valence-corrected chi connectivity index (χ1v) is 4.70. The summed E-state index contributed by atoms with van der Waals surface area (Å²) >= 11 is 0. The Bertz CT molecular complexity index is 427. The van der Waals surface area contributed by atoms with E-state index in [2.05, 4.69) is 18.2 Å². The van der Waals surface area contributed by atoms with Gasteiger partial charge in [0, 0.05) is 18.4 Å². The number of benzene rings is 1. The van der Waals surface area contributed by atoms with Crippen molar-refractivity contribution in [3.05, 3.63) is 41.0 Å². The summed E-state index contributed by atoms with van der Waals surface area (Å²) < 4.78 is 0. The van der Waals surface area contributed by atoms with Crippen LogP contribution in [0.15, 0.2) is 29.8 Å². The molecular weight excluding hydrogens is 160 g/mol. The van der Waals surface area contributed by atoms with Crippen molar-refractivity contribution in [3.8, 4) is 0 Å². The van der Waals surface area contributed by atoms with E-state index in [4.69, 9.17) is 0 Å². The highest BCUT2D eigenvalue weighted by atomic mass is 16.1. The lowest BCUT2D eigenvalue weighted by atomic mass is 10.0. The van der Waals surface area contributed by atoms with Crippen LogP contribution < -0.4 is 0 Å². The van der Waals surface area contributed by atoms with Crippen LogP contribution in [0.25, 0.3) is 5.57 Å². The van der Waals surface area contributed by atoms with Gasteiger partial charge in [0.25, 0.3) is 0 Å². The molecule has 0 unspecified atom stereocenters. The summed E-state index contributed by atoms with van der Waals surface area (Å²) in [6.07, 6.45) is 2.58. The van der Waals surface area contributed by atoms with Crippen molar-refractivity contribution in [3.63, 3.8) is 0 Å². The molecular formula is C12H10O. The average molecular weight is 170 g/mol. The van der Waals surface area contributed by atoms with E-state index in [1.54, 1.807) is 0 Å². The maximum atomic E-state index is 11.5. The fraction of sp³-hybridized carbons (Fsp3) is 0.250. The monoisotopic (exact) mass is 170 g/mol. The van der Waals surface area contributed by atoms with Crippen LogP contribution in [0.1, 0.15) is 24.0 Å². The Morgan fingerprint density at radius 1 is 1.00 bits per heavy atom. The van der Waals surface area contributed by atoms with E-state index in [0.717, 1.165) is 24.8 Å². The molecule has 0 radical (unpaired) electrons. The molecule has 1 aromatic rings. The van der Waals surface area contributed by atoms with Crippen LogP contribution in [0.5, 0.6) is 0 Å². The minimum atomic E-state index is 0.367. The van der Waals surface area contributed by atoms with Gasteiger partial charge in [0.2, 0.25) is 0 Å². The Balaban J connectivity index is 2.20. The van der Waals surface area contributed by atoms with E-state index in [0.29, 0.717) is 5.78 Å². The average Bonchev–Trinajstić information content (AvgIpc) is 2.67. The third-order valence-electron chi connectivity index (χ3n) is 3.01. The highest BCUT2D eigenvalue weighted by Gasteiger charge is 2.30. The first-order valence-electron chi connectivity index (χ1n) is 4.70. The van der Waals surface area contributed by atoms with Crippen molar-refractivity contribution in [2.24, 2.45) is 0 Å². The lowest BCUT2D eigenvalue weighted by molar-refractivity contribution is -0.114. The summed E-state index contributed by atoms with van der Waals surface area (Å²) in [6, 6.07) is 8.36. The zero-order chi connectivity index (χ0) is 8.84. The van der Waals surface area contributed by atoms with Crippen LogP contribution in [0, 0.1) is 0 Å². The second-order valence-corrected chi connectivity index (χ2v) is 3.71. The first kappa shape index (κ1) is 7.07. The van der Waals surface area contributed by atoms with E-state index in [1.165, 1.54) is 16.7 Å². The van der Waals surface area contributed by atoms with Crippen molar-refractivity contribution in [2.75, 3.05) is 0 Å². The van der Waals surface area contributed by atoms with Crippen molar-refractivity contribution in [1.29, 1.82) is 0 Å². The van der Waals surface area contributed by atoms with Gasteiger partial charge < -0.3 is 0 Å². The predicted octanol–water partition coefficient (Wildman–Crippen LogP) is 2.36. The lowest BCUT2D eigenvalue weighted by Gasteiger charge is -2.01. The molecule has 0 saturated heterocycles. The van der Waals surface area contributed by atoms with E-state index in [9.17, 15) is 4.79 Å². The first-order chi connectivity index (χ1) is 6.36. The molecule has 2 aliphatic carbocycles. The van der Waals surface area contributed by atoms with Gasteiger partial charge in [-0.3, -0.25) is 4.79 Å². The normalized spacial score (nSPS) is 19.2. The van der Waals surface area contributed by atoms with E-state index < -0.39 is 0 Å². The van der Waals surface area contributed by atoms with Gasteiger partial charge >= 0.3 is 0 Å². The van der Waals surface area contributed by atoms with Gasteiger partial charge in [0.15, 0.2) is 5.78 Å². The predicted molar refractivity (Wildman–Crippen MR) is 51.3 cm³/mol. The van der Waals surface area contributed by atoms with Crippen molar-refractivity contribution < 1.29 is 4.79 Å². The molecule has 0 amide bonds. The molecule has 0 spiro atoms. The van der Waals surface area contributed by atoms with Crippen LogP contribution >= 0.6 is 0 Å². The molecule has 3 rings (SSSR count). The number of allylic oxidation sites excluding steroid dienone is 2.